The Morgan fingerprint density at radius 2 is 1.78 bits per heavy atom. The number of rotatable bonds is 6. The maximum Gasteiger partial charge on any atom is 0.243 e. The molecule has 2 aromatic rings. The zero-order chi connectivity index (χ0) is 19.6. The first-order valence-corrected chi connectivity index (χ1v) is 11.3. The van der Waals surface area contributed by atoms with Crippen molar-refractivity contribution in [2.45, 2.75) is 31.6 Å². The highest BCUT2D eigenvalue weighted by Crippen LogP contribution is 2.31. The lowest BCUT2D eigenvalue weighted by Gasteiger charge is -2.20. The average Bonchev–Trinajstić information content (AvgIpc) is 3.07. The van der Waals surface area contributed by atoms with Gasteiger partial charge in [-0.1, -0.05) is 41.9 Å². The summed E-state index contributed by atoms with van der Waals surface area (Å²) in [7, 11) is -3.49. The fourth-order valence-electron chi connectivity index (χ4n) is 3.38. The molecular weight excluding hydrogens is 428 g/mol. The first-order valence-electron chi connectivity index (χ1n) is 9.04. The molecule has 27 heavy (non-hydrogen) atoms. The fraction of sp³-hybridized carbons (Fsp3) is 0.350. The summed E-state index contributed by atoms with van der Waals surface area (Å²) in [5.74, 6) is 0.0235. The summed E-state index contributed by atoms with van der Waals surface area (Å²) >= 11 is 3.39. The molecule has 0 bridgehead atoms. The van der Waals surface area contributed by atoms with Crippen LogP contribution < -0.4 is 4.90 Å². The molecule has 0 spiro atoms. The highest BCUT2D eigenvalue weighted by atomic mass is 79.9. The van der Waals surface area contributed by atoms with Crippen molar-refractivity contribution >= 4 is 37.5 Å². The van der Waals surface area contributed by atoms with Crippen molar-refractivity contribution in [2.75, 3.05) is 24.5 Å². The number of carbonyl (C=O) groups excluding carboxylic acids is 1. The van der Waals surface area contributed by atoms with Crippen LogP contribution in [0.15, 0.2) is 51.8 Å². The Balaban J connectivity index is 1.82. The number of anilines is 1. The van der Waals surface area contributed by atoms with Crippen LogP contribution in [-0.2, 0) is 27.7 Å². The van der Waals surface area contributed by atoms with Crippen LogP contribution in [0.25, 0.3) is 0 Å². The summed E-state index contributed by atoms with van der Waals surface area (Å²) < 4.78 is 27.9. The second-order valence-electron chi connectivity index (χ2n) is 6.48. The number of sulfonamides is 1. The minimum Gasteiger partial charge on any atom is -0.312 e. The Bertz CT molecular complexity index is 938. The van der Waals surface area contributed by atoms with Gasteiger partial charge in [-0.25, -0.2) is 8.42 Å². The quantitative estimate of drug-likeness (QED) is 0.675. The van der Waals surface area contributed by atoms with Gasteiger partial charge in [-0.3, -0.25) is 4.79 Å². The lowest BCUT2D eigenvalue weighted by atomic mass is 10.1. The maximum absolute atomic E-state index is 12.7. The number of halogens is 1. The molecule has 5 nitrogen and oxygen atoms in total. The number of amides is 1. The van der Waals surface area contributed by atoms with Crippen LogP contribution in [-0.4, -0.2) is 38.3 Å². The van der Waals surface area contributed by atoms with E-state index in [1.165, 1.54) is 4.31 Å². The van der Waals surface area contributed by atoms with Crippen molar-refractivity contribution in [3.63, 3.8) is 0 Å². The molecule has 1 aliphatic heterocycles. The van der Waals surface area contributed by atoms with Gasteiger partial charge in [0.15, 0.2) is 0 Å². The van der Waals surface area contributed by atoms with Crippen LogP contribution in [0.3, 0.4) is 0 Å². The van der Waals surface area contributed by atoms with E-state index >= 15 is 0 Å². The van der Waals surface area contributed by atoms with E-state index in [0.717, 1.165) is 21.3 Å². The van der Waals surface area contributed by atoms with E-state index in [-0.39, 0.29) is 5.91 Å². The van der Waals surface area contributed by atoms with Gasteiger partial charge in [0.1, 0.15) is 0 Å². The molecule has 0 aliphatic carbocycles. The van der Waals surface area contributed by atoms with E-state index in [2.05, 4.69) is 15.9 Å². The van der Waals surface area contributed by atoms with Crippen molar-refractivity contribution in [3.8, 4) is 0 Å². The van der Waals surface area contributed by atoms with Crippen LogP contribution in [0.4, 0.5) is 5.69 Å². The minimum atomic E-state index is -3.49. The van der Waals surface area contributed by atoms with Gasteiger partial charge >= 0.3 is 0 Å². The topological polar surface area (TPSA) is 57.7 Å². The van der Waals surface area contributed by atoms with Gasteiger partial charge in [-0.2, -0.15) is 4.31 Å². The Morgan fingerprint density at radius 3 is 2.41 bits per heavy atom. The molecule has 0 N–H and O–H groups in total. The molecule has 3 rings (SSSR count). The molecule has 1 amide bonds. The van der Waals surface area contributed by atoms with E-state index in [9.17, 15) is 13.2 Å². The summed E-state index contributed by atoms with van der Waals surface area (Å²) in [6.07, 6.45) is 0.995. The fourth-order valence-corrected chi connectivity index (χ4v) is 5.16. The van der Waals surface area contributed by atoms with Crippen LogP contribution in [0.1, 0.15) is 25.0 Å². The molecule has 0 saturated heterocycles. The molecule has 144 valence electrons. The van der Waals surface area contributed by atoms with Gasteiger partial charge in [0.2, 0.25) is 15.9 Å². The third-order valence-electron chi connectivity index (χ3n) is 4.86. The monoisotopic (exact) mass is 450 g/mol. The summed E-state index contributed by atoms with van der Waals surface area (Å²) in [5.41, 5.74) is 2.68. The Hall–Kier alpha value is -1.70. The highest BCUT2D eigenvalue weighted by molar-refractivity contribution is 9.10. The van der Waals surface area contributed by atoms with Crippen molar-refractivity contribution in [1.82, 2.24) is 4.31 Å². The number of carbonyl (C=O) groups is 1. The van der Waals surface area contributed by atoms with Crippen LogP contribution in [0.2, 0.25) is 0 Å². The van der Waals surface area contributed by atoms with Crippen molar-refractivity contribution < 1.29 is 13.2 Å². The van der Waals surface area contributed by atoms with Gasteiger partial charge in [-0.15, -0.1) is 0 Å². The first kappa shape index (κ1) is 20.0. The number of fused-ring (bicyclic) bond motifs is 1. The van der Waals surface area contributed by atoms with E-state index in [0.29, 0.717) is 37.4 Å². The number of hydrogen-bond acceptors (Lipinski definition) is 3. The van der Waals surface area contributed by atoms with Crippen LogP contribution in [0, 0.1) is 0 Å². The maximum atomic E-state index is 12.7. The molecule has 0 aromatic heterocycles. The average molecular weight is 451 g/mol. The zero-order valence-electron chi connectivity index (χ0n) is 15.5. The van der Waals surface area contributed by atoms with Gasteiger partial charge in [0, 0.05) is 29.8 Å². The van der Waals surface area contributed by atoms with Gasteiger partial charge in [0.25, 0.3) is 0 Å². The smallest absolute Gasteiger partial charge is 0.243 e. The first-order chi connectivity index (χ1) is 12.9. The van der Waals surface area contributed by atoms with Gasteiger partial charge in [-0.05, 0) is 47.9 Å². The molecule has 0 fully saturated rings. The predicted octanol–water partition coefficient (Wildman–Crippen LogP) is 3.61. The SMILES string of the molecule is CCN(CC)S(=O)(=O)c1ccc2c(c1)CCN2C(=O)Cc1ccc(Br)cc1. The van der Waals surface area contributed by atoms with E-state index in [4.69, 9.17) is 0 Å². The van der Waals surface area contributed by atoms with E-state index < -0.39 is 10.0 Å². The van der Waals surface area contributed by atoms with Gasteiger partial charge in [0.05, 0.1) is 11.3 Å². The lowest BCUT2D eigenvalue weighted by molar-refractivity contribution is -0.117. The highest BCUT2D eigenvalue weighted by Gasteiger charge is 2.28. The molecule has 2 aromatic carbocycles. The number of benzene rings is 2. The molecule has 0 saturated carbocycles. The predicted molar refractivity (Wildman–Crippen MR) is 110 cm³/mol. The molecule has 1 heterocycles. The minimum absolute atomic E-state index is 0.0235. The molecule has 0 unspecified atom stereocenters. The number of hydrogen-bond donors (Lipinski definition) is 0. The van der Waals surface area contributed by atoms with Crippen molar-refractivity contribution in [2.24, 2.45) is 0 Å². The molecule has 0 radical (unpaired) electrons. The second-order valence-corrected chi connectivity index (χ2v) is 9.33. The van der Waals surface area contributed by atoms with E-state index in [1.807, 2.05) is 38.1 Å². The molecule has 7 heteroatoms. The lowest BCUT2D eigenvalue weighted by Crippen LogP contribution is -2.31. The molecule has 1 aliphatic rings. The van der Waals surface area contributed by atoms with Crippen molar-refractivity contribution in [1.29, 1.82) is 0 Å². The number of nitrogens with zero attached hydrogens (tertiary/aromatic N) is 2. The largest absolute Gasteiger partial charge is 0.312 e. The van der Waals surface area contributed by atoms with Crippen molar-refractivity contribution in [3.05, 3.63) is 58.1 Å². The zero-order valence-corrected chi connectivity index (χ0v) is 17.9. The van der Waals surface area contributed by atoms with E-state index in [1.54, 1.807) is 23.1 Å². The third-order valence-corrected chi connectivity index (χ3v) is 7.43. The second kappa shape index (κ2) is 8.12. The molecule has 0 atom stereocenters. The summed E-state index contributed by atoms with van der Waals surface area (Å²) in [4.78, 5) is 14.8. The third kappa shape index (κ3) is 4.10. The van der Waals surface area contributed by atoms with Crippen LogP contribution >= 0.6 is 15.9 Å². The Morgan fingerprint density at radius 1 is 1.11 bits per heavy atom. The Labute approximate surface area is 169 Å². The summed E-state index contributed by atoms with van der Waals surface area (Å²) in [6.45, 7) is 5.12. The Kier molecular flexibility index (Phi) is 6.03. The van der Waals surface area contributed by atoms with Crippen LogP contribution in [0.5, 0.6) is 0 Å². The molecular formula is C20H23BrN2O3S. The summed E-state index contributed by atoms with van der Waals surface area (Å²) in [5, 5.41) is 0. The summed E-state index contributed by atoms with van der Waals surface area (Å²) in [6, 6.07) is 12.8. The normalized spacial score (nSPS) is 13.9. The van der Waals surface area contributed by atoms with Gasteiger partial charge < -0.3 is 4.90 Å². The standard InChI is InChI=1S/C20H23BrN2O3S/c1-3-22(4-2)27(25,26)18-9-10-19-16(14-18)11-12-23(19)20(24)13-15-5-7-17(21)8-6-15/h5-10,14H,3-4,11-13H2,1-2H3.